The molecule has 15 nitrogen and oxygen atoms in total. The Morgan fingerprint density at radius 1 is 1.22 bits per heavy atom. The maximum absolute atomic E-state index is 14.3. The molecular formula is C30H40N7O8P. The van der Waals surface area contributed by atoms with Crippen LogP contribution in [0.25, 0.3) is 21.9 Å². The Kier molecular flexibility index (Phi) is 10.1. The van der Waals surface area contributed by atoms with Crippen molar-refractivity contribution in [2.45, 2.75) is 70.6 Å². The van der Waals surface area contributed by atoms with E-state index < -0.39 is 50.3 Å². The first-order valence-corrected chi connectivity index (χ1v) is 16.6. The Morgan fingerprint density at radius 3 is 2.74 bits per heavy atom. The first kappa shape index (κ1) is 33.5. The van der Waals surface area contributed by atoms with Crippen molar-refractivity contribution >= 4 is 41.6 Å². The van der Waals surface area contributed by atoms with E-state index in [4.69, 9.17) is 34.7 Å². The zero-order valence-corrected chi connectivity index (χ0v) is 27.1. The van der Waals surface area contributed by atoms with Crippen LogP contribution >= 0.6 is 7.75 Å². The summed E-state index contributed by atoms with van der Waals surface area (Å²) in [5.41, 5.74) is 11.8. The van der Waals surface area contributed by atoms with Crippen molar-refractivity contribution < 1.29 is 37.7 Å². The van der Waals surface area contributed by atoms with Crippen LogP contribution in [0.4, 0.5) is 5.95 Å². The predicted octanol–water partition coefficient (Wildman–Crippen LogP) is 3.46. The smallest absolute Gasteiger partial charge is 0.459 e. The van der Waals surface area contributed by atoms with Crippen LogP contribution in [0.1, 0.15) is 46.8 Å². The summed E-state index contributed by atoms with van der Waals surface area (Å²) in [5, 5.41) is 15.5. The molecule has 6 unspecified atom stereocenters. The van der Waals surface area contributed by atoms with Crippen LogP contribution in [0.15, 0.2) is 48.8 Å². The molecule has 1 aliphatic rings. The highest BCUT2D eigenvalue weighted by atomic mass is 31.2. The Balaban J connectivity index is 1.40. The van der Waals surface area contributed by atoms with E-state index in [0.717, 1.165) is 11.8 Å². The number of esters is 1. The SMILES string of the molecule is CCCCOC(=O)C(C)NP(=O)(OCC1OC(n2cnc3c(OCC)nc(N)nc32)C(C)(N)C1O)Oc1cccc2ccccc12. The molecule has 1 fully saturated rings. The standard InChI is InChI=1S/C30H40N7O8P/c1-5-7-15-42-27(39)18(3)36-46(40,45-21-14-10-12-19-11-8-9-13-20(19)21)43-16-22-24(38)30(4,32)28(44-22)37-17-33-23-25(37)34-29(31)35-26(23)41-6-2/h8-14,17-18,22,24,28,38H,5-7,15-16,32H2,1-4H3,(H,36,40)(H2,31,34,35). The number of carbonyl (C=O) groups excluding carboxylic acids is 1. The van der Waals surface area contributed by atoms with Gasteiger partial charge >= 0.3 is 13.7 Å². The Hall–Kier alpha value is -3.85. The van der Waals surface area contributed by atoms with Crippen molar-refractivity contribution in [1.29, 1.82) is 0 Å². The fraction of sp³-hybridized carbons (Fsp3) is 0.467. The highest BCUT2D eigenvalue weighted by molar-refractivity contribution is 7.52. The summed E-state index contributed by atoms with van der Waals surface area (Å²) in [6.07, 6.45) is -0.413. The van der Waals surface area contributed by atoms with Gasteiger partial charge in [-0.3, -0.25) is 13.9 Å². The fourth-order valence-corrected chi connectivity index (χ4v) is 6.66. The lowest BCUT2D eigenvalue weighted by Crippen LogP contribution is -2.52. The third-order valence-corrected chi connectivity index (χ3v) is 9.22. The lowest BCUT2D eigenvalue weighted by molar-refractivity contribution is -0.145. The Morgan fingerprint density at radius 2 is 1.98 bits per heavy atom. The fourth-order valence-electron chi connectivity index (χ4n) is 5.14. The summed E-state index contributed by atoms with van der Waals surface area (Å²) >= 11 is 0. The molecule has 248 valence electrons. The number of hydrogen-bond donors (Lipinski definition) is 4. The molecule has 5 rings (SSSR count). The molecule has 1 saturated heterocycles. The number of benzene rings is 2. The van der Waals surface area contributed by atoms with Crippen molar-refractivity contribution in [2.24, 2.45) is 5.73 Å². The van der Waals surface area contributed by atoms with Gasteiger partial charge in [0.15, 0.2) is 17.4 Å². The maximum atomic E-state index is 14.3. The van der Waals surface area contributed by atoms with E-state index in [0.29, 0.717) is 23.9 Å². The maximum Gasteiger partial charge on any atom is 0.459 e. The molecule has 0 bridgehead atoms. The van der Waals surface area contributed by atoms with E-state index in [-0.39, 0.29) is 29.8 Å². The minimum Gasteiger partial charge on any atom is -0.476 e. The van der Waals surface area contributed by atoms with Gasteiger partial charge in [0.25, 0.3) is 0 Å². The van der Waals surface area contributed by atoms with Gasteiger partial charge < -0.3 is 35.3 Å². The molecule has 46 heavy (non-hydrogen) atoms. The summed E-state index contributed by atoms with van der Waals surface area (Å²) in [5.74, 6) is -0.206. The first-order valence-electron chi connectivity index (χ1n) is 15.1. The summed E-state index contributed by atoms with van der Waals surface area (Å²) in [7, 11) is -4.31. The predicted molar refractivity (Wildman–Crippen MR) is 170 cm³/mol. The molecule has 2 aromatic carbocycles. The number of carbonyl (C=O) groups is 1. The monoisotopic (exact) mass is 657 g/mol. The molecule has 0 saturated carbocycles. The summed E-state index contributed by atoms with van der Waals surface area (Å²) in [6, 6.07) is 11.6. The number of unbranched alkanes of at least 4 members (excludes halogenated alkanes) is 1. The molecule has 16 heteroatoms. The number of fused-ring (bicyclic) bond motifs is 2. The number of nitrogen functional groups attached to an aromatic ring is 1. The minimum absolute atomic E-state index is 0.0465. The van der Waals surface area contributed by atoms with E-state index in [1.807, 2.05) is 37.3 Å². The number of aliphatic hydroxyl groups excluding tert-OH is 1. The molecule has 2 aromatic heterocycles. The Bertz CT molecular complexity index is 1730. The largest absolute Gasteiger partial charge is 0.476 e. The van der Waals surface area contributed by atoms with E-state index in [2.05, 4.69) is 20.0 Å². The van der Waals surface area contributed by atoms with Gasteiger partial charge in [-0.2, -0.15) is 15.1 Å². The molecule has 6 N–H and O–H groups in total. The van der Waals surface area contributed by atoms with E-state index in [1.54, 1.807) is 26.0 Å². The van der Waals surface area contributed by atoms with Gasteiger partial charge in [0.2, 0.25) is 11.8 Å². The minimum atomic E-state index is -4.31. The van der Waals surface area contributed by atoms with Crippen LogP contribution in [0.2, 0.25) is 0 Å². The number of aromatic nitrogens is 4. The van der Waals surface area contributed by atoms with Crippen molar-refractivity contribution in [3.05, 3.63) is 48.8 Å². The number of rotatable bonds is 14. The van der Waals surface area contributed by atoms with E-state index in [1.165, 1.54) is 17.8 Å². The Labute approximate surface area is 266 Å². The summed E-state index contributed by atoms with van der Waals surface area (Å²) in [6.45, 7) is 7.00. The number of imidazole rings is 1. The number of nitrogens with zero attached hydrogens (tertiary/aromatic N) is 4. The van der Waals surface area contributed by atoms with E-state index >= 15 is 0 Å². The quantitative estimate of drug-likeness (QED) is 0.0870. The number of aliphatic hydroxyl groups is 1. The highest BCUT2D eigenvalue weighted by Crippen LogP contribution is 2.48. The number of anilines is 1. The zero-order chi connectivity index (χ0) is 33.1. The topological polar surface area (TPSA) is 208 Å². The van der Waals surface area contributed by atoms with Crippen LogP contribution in [0.3, 0.4) is 0 Å². The van der Waals surface area contributed by atoms with Crippen LogP contribution in [0, 0.1) is 0 Å². The van der Waals surface area contributed by atoms with Gasteiger partial charge in [-0.05, 0) is 38.6 Å². The van der Waals surface area contributed by atoms with Gasteiger partial charge in [-0.1, -0.05) is 49.7 Å². The molecule has 0 spiro atoms. The van der Waals surface area contributed by atoms with Gasteiger partial charge in [0, 0.05) is 5.39 Å². The number of nitrogens with two attached hydrogens (primary N) is 2. The number of hydrogen-bond acceptors (Lipinski definition) is 13. The summed E-state index contributed by atoms with van der Waals surface area (Å²) < 4.78 is 44.8. The second-order valence-corrected chi connectivity index (χ2v) is 12.9. The molecule has 4 aromatic rings. The molecule has 0 aliphatic carbocycles. The van der Waals surface area contributed by atoms with Gasteiger partial charge in [0.05, 0.1) is 31.7 Å². The van der Waals surface area contributed by atoms with Crippen LogP contribution in [0.5, 0.6) is 11.6 Å². The van der Waals surface area contributed by atoms with Crippen LogP contribution in [-0.4, -0.2) is 74.2 Å². The second-order valence-electron chi connectivity index (χ2n) is 11.2. The van der Waals surface area contributed by atoms with Gasteiger partial charge in [0.1, 0.15) is 24.0 Å². The lowest BCUT2D eigenvalue weighted by atomic mass is 9.93. The average Bonchev–Trinajstić information content (AvgIpc) is 3.53. The molecule has 6 atom stereocenters. The molecular weight excluding hydrogens is 617 g/mol. The molecule has 0 amide bonds. The highest BCUT2D eigenvalue weighted by Gasteiger charge is 2.53. The van der Waals surface area contributed by atoms with Crippen molar-refractivity contribution in [2.75, 3.05) is 25.6 Å². The first-order chi connectivity index (χ1) is 22.0. The van der Waals surface area contributed by atoms with Gasteiger partial charge in [-0.15, -0.1) is 0 Å². The summed E-state index contributed by atoms with van der Waals surface area (Å²) in [4.78, 5) is 25.5. The second kappa shape index (κ2) is 13.9. The normalized spacial score (nSPS) is 23.3. The number of nitrogens with one attached hydrogen (secondary N) is 1. The zero-order valence-electron chi connectivity index (χ0n) is 26.2. The van der Waals surface area contributed by atoms with Crippen LogP contribution < -0.4 is 25.8 Å². The van der Waals surface area contributed by atoms with Gasteiger partial charge in [-0.25, -0.2) is 9.55 Å². The van der Waals surface area contributed by atoms with Crippen molar-refractivity contribution in [3.8, 4) is 11.6 Å². The van der Waals surface area contributed by atoms with Crippen molar-refractivity contribution in [3.63, 3.8) is 0 Å². The lowest BCUT2D eigenvalue weighted by Gasteiger charge is -2.28. The molecule has 0 radical (unpaired) electrons. The third kappa shape index (κ3) is 6.94. The third-order valence-electron chi connectivity index (χ3n) is 7.59. The number of ether oxygens (including phenoxy) is 3. The average molecular weight is 658 g/mol. The van der Waals surface area contributed by atoms with Crippen molar-refractivity contribution in [1.82, 2.24) is 24.6 Å². The van der Waals surface area contributed by atoms with Crippen LogP contribution in [-0.2, 0) is 23.4 Å². The molecule has 1 aliphatic heterocycles. The molecule has 3 heterocycles. The van der Waals surface area contributed by atoms with E-state index in [9.17, 15) is 14.5 Å².